The molecule has 1 heterocycles. The van der Waals surface area contributed by atoms with Gasteiger partial charge in [0.15, 0.2) is 0 Å². The lowest BCUT2D eigenvalue weighted by Gasteiger charge is -2.18. The first-order valence-corrected chi connectivity index (χ1v) is 8.48. The molecule has 124 valence electrons. The number of halogens is 2. The van der Waals surface area contributed by atoms with Crippen LogP contribution >= 0.6 is 15.9 Å². The topological polar surface area (TPSA) is 42.2 Å². The summed E-state index contributed by atoms with van der Waals surface area (Å²) in [5.41, 5.74) is 1.82. The molecule has 2 aromatic carbocycles. The van der Waals surface area contributed by atoms with Crippen LogP contribution in [0.5, 0.6) is 0 Å². The highest BCUT2D eigenvalue weighted by Crippen LogP contribution is 2.21. The van der Waals surface area contributed by atoms with Crippen LogP contribution in [0, 0.1) is 5.82 Å². The maximum atomic E-state index is 13.3. The van der Waals surface area contributed by atoms with Gasteiger partial charge in [0.1, 0.15) is 5.82 Å². The van der Waals surface area contributed by atoms with E-state index < -0.39 is 0 Å². The molecule has 0 unspecified atom stereocenters. The van der Waals surface area contributed by atoms with Crippen LogP contribution in [0.2, 0.25) is 0 Å². The molecule has 3 aromatic rings. The van der Waals surface area contributed by atoms with Crippen LogP contribution in [0.3, 0.4) is 0 Å². The van der Waals surface area contributed by atoms with E-state index >= 15 is 0 Å². The zero-order chi connectivity index (χ0) is 16.9. The van der Waals surface area contributed by atoms with Gasteiger partial charge in [-0.25, -0.2) is 4.39 Å². The van der Waals surface area contributed by atoms with Crippen molar-refractivity contribution in [3.05, 3.63) is 70.3 Å². The summed E-state index contributed by atoms with van der Waals surface area (Å²) >= 11 is 3.44. The van der Waals surface area contributed by atoms with Crippen molar-refractivity contribution >= 4 is 15.9 Å². The van der Waals surface area contributed by atoms with E-state index in [0.29, 0.717) is 24.8 Å². The maximum absolute atomic E-state index is 13.3. The van der Waals surface area contributed by atoms with Crippen molar-refractivity contribution < 1.29 is 8.91 Å². The minimum atomic E-state index is -0.224. The Hall–Kier alpha value is -2.05. The molecule has 0 saturated heterocycles. The van der Waals surface area contributed by atoms with Crippen molar-refractivity contribution in [2.24, 2.45) is 0 Å². The number of aromatic nitrogens is 2. The monoisotopic (exact) mass is 389 g/mol. The van der Waals surface area contributed by atoms with E-state index in [9.17, 15) is 4.39 Å². The van der Waals surface area contributed by atoms with E-state index in [0.717, 1.165) is 22.1 Å². The fourth-order valence-electron chi connectivity index (χ4n) is 2.43. The minimum Gasteiger partial charge on any atom is -0.338 e. The quantitative estimate of drug-likeness (QED) is 0.614. The Morgan fingerprint density at radius 1 is 1.12 bits per heavy atom. The minimum absolute atomic E-state index is 0.224. The summed E-state index contributed by atoms with van der Waals surface area (Å²) in [5, 5.41) is 4.04. The highest BCUT2D eigenvalue weighted by Gasteiger charge is 2.13. The Balaban J connectivity index is 1.70. The van der Waals surface area contributed by atoms with Gasteiger partial charge < -0.3 is 4.52 Å². The van der Waals surface area contributed by atoms with Gasteiger partial charge in [-0.1, -0.05) is 52.3 Å². The highest BCUT2D eigenvalue weighted by atomic mass is 79.9. The second-order valence-electron chi connectivity index (χ2n) is 5.46. The lowest BCUT2D eigenvalue weighted by Crippen LogP contribution is -2.22. The van der Waals surface area contributed by atoms with E-state index in [1.54, 1.807) is 12.1 Å². The predicted molar refractivity (Wildman–Crippen MR) is 93.6 cm³/mol. The van der Waals surface area contributed by atoms with Crippen LogP contribution in [0.1, 0.15) is 18.4 Å². The summed E-state index contributed by atoms with van der Waals surface area (Å²) in [6.07, 6.45) is 0. The lowest BCUT2D eigenvalue weighted by molar-refractivity contribution is 0.229. The second kappa shape index (κ2) is 7.68. The van der Waals surface area contributed by atoms with Gasteiger partial charge in [-0.2, -0.15) is 4.98 Å². The third kappa shape index (κ3) is 4.27. The first-order chi connectivity index (χ1) is 11.6. The summed E-state index contributed by atoms with van der Waals surface area (Å²) in [5.74, 6) is 0.884. The van der Waals surface area contributed by atoms with Gasteiger partial charge in [0.05, 0.1) is 6.54 Å². The molecule has 4 nitrogen and oxygen atoms in total. The smallest absolute Gasteiger partial charge is 0.241 e. The first-order valence-electron chi connectivity index (χ1n) is 7.69. The summed E-state index contributed by atoms with van der Waals surface area (Å²) in [7, 11) is 0. The summed E-state index contributed by atoms with van der Waals surface area (Å²) in [4.78, 5) is 6.57. The normalized spacial score (nSPS) is 11.2. The van der Waals surface area contributed by atoms with Gasteiger partial charge in [0.2, 0.25) is 11.7 Å². The predicted octanol–water partition coefficient (Wildman–Crippen LogP) is 4.66. The molecule has 0 aliphatic heterocycles. The van der Waals surface area contributed by atoms with Crippen LogP contribution in [0.25, 0.3) is 11.4 Å². The Kier molecular flexibility index (Phi) is 5.37. The van der Waals surface area contributed by atoms with Gasteiger partial charge in [0, 0.05) is 16.6 Å². The number of hydrogen-bond donors (Lipinski definition) is 0. The largest absolute Gasteiger partial charge is 0.338 e. The van der Waals surface area contributed by atoms with Crippen molar-refractivity contribution in [2.75, 3.05) is 6.54 Å². The van der Waals surface area contributed by atoms with Crippen molar-refractivity contribution in [3.63, 3.8) is 0 Å². The molecule has 0 amide bonds. The van der Waals surface area contributed by atoms with Crippen LogP contribution < -0.4 is 0 Å². The molecule has 0 saturated carbocycles. The lowest BCUT2D eigenvalue weighted by atomic mass is 10.2. The van der Waals surface area contributed by atoms with E-state index in [1.807, 2.05) is 37.3 Å². The second-order valence-corrected chi connectivity index (χ2v) is 6.37. The molecule has 0 N–H and O–H groups in total. The van der Waals surface area contributed by atoms with Gasteiger partial charge in [-0.15, -0.1) is 0 Å². The van der Waals surface area contributed by atoms with Crippen molar-refractivity contribution in [2.45, 2.75) is 20.0 Å². The third-order valence-electron chi connectivity index (χ3n) is 3.65. The van der Waals surface area contributed by atoms with E-state index in [-0.39, 0.29) is 5.82 Å². The Morgan fingerprint density at radius 3 is 2.71 bits per heavy atom. The zero-order valence-corrected chi connectivity index (χ0v) is 14.8. The number of rotatable bonds is 6. The molecule has 6 heteroatoms. The fraction of sp³-hybridized carbons (Fsp3) is 0.222. The highest BCUT2D eigenvalue weighted by molar-refractivity contribution is 9.10. The molecular weight excluding hydrogens is 373 g/mol. The van der Waals surface area contributed by atoms with Gasteiger partial charge >= 0.3 is 0 Å². The summed E-state index contributed by atoms with van der Waals surface area (Å²) in [6.45, 7) is 3.99. The SMILES string of the molecule is CCN(Cc1cccc(F)c1)Cc1nc(-c2cccc(Br)c2)no1. The Labute approximate surface area is 148 Å². The van der Waals surface area contributed by atoms with Gasteiger partial charge in [-0.3, -0.25) is 4.90 Å². The average Bonchev–Trinajstić information content (AvgIpc) is 3.03. The molecule has 0 spiro atoms. The van der Waals surface area contributed by atoms with Crippen molar-refractivity contribution in [1.29, 1.82) is 0 Å². The van der Waals surface area contributed by atoms with E-state index in [4.69, 9.17) is 4.52 Å². The number of hydrogen-bond acceptors (Lipinski definition) is 4. The Bertz CT molecular complexity index is 821. The molecular formula is C18H17BrFN3O. The van der Waals surface area contributed by atoms with Crippen molar-refractivity contribution in [1.82, 2.24) is 15.0 Å². The molecule has 0 bridgehead atoms. The van der Waals surface area contributed by atoms with Crippen LogP contribution in [-0.4, -0.2) is 21.6 Å². The number of nitrogens with zero attached hydrogens (tertiary/aromatic N) is 3. The maximum Gasteiger partial charge on any atom is 0.241 e. The van der Waals surface area contributed by atoms with Gasteiger partial charge in [0.25, 0.3) is 0 Å². The zero-order valence-electron chi connectivity index (χ0n) is 13.2. The Morgan fingerprint density at radius 2 is 1.96 bits per heavy atom. The summed E-state index contributed by atoms with van der Waals surface area (Å²) < 4.78 is 19.6. The molecule has 0 aliphatic carbocycles. The first kappa shape index (κ1) is 16.8. The molecule has 3 rings (SSSR count). The average molecular weight is 390 g/mol. The fourth-order valence-corrected chi connectivity index (χ4v) is 2.83. The summed E-state index contributed by atoms with van der Waals surface area (Å²) in [6, 6.07) is 14.4. The molecule has 0 radical (unpaired) electrons. The van der Waals surface area contributed by atoms with E-state index in [1.165, 1.54) is 6.07 Å². The van der Waals surface area contributed by atoms with E-state index in [2.05, 4.69) is 31.0 Å². The molecule has 0 fully saturated rings. The molecule has 0 aliphatic rings. The molecule has 0 atom stereocenters. The standard InChI is InChI=1S/C18H17BrFN3O/c1-2-23(11-13-5-3-8-16(20)9-13)12-17-21-18(22-24-17)14-6-4-7-15(19)10-14/h3-10H,2,11-12H2,1H3. The van der Waals surface area contributed by atoms with Crippen LogP contribution in [-0.2, 0) is 13.1 Å². The van der Waals surface area contributed by atoms with Gasteiger partial charge in [-0.05, 0) is 36.4 Å². The third-order valence-corrected chi connectivity index (χ3v) is 4.15. The van der Waals surface area contributed by atoms with Crippen LogP contribution in [0.15, 0.2) is 57.5 Å². The number of benzene rings is 2. The molecule has 24 heavy (non-hydrogen) atoms. The molecule has 1 aromatic heterocycles. The van der Waals surface area contributed by atoms with Crippen LogP contribution in [0.4, 0.5) is 4.39 Å². The van der Waals surface area contributed by atoms with Crippen molar-refractivity contribution in [3.8, 4) is 11.4 Å².